The van der Waals surface area contributed by atoms with Crippen LogP contribution in [0.15, 0.2) is 43.8 Å². The van der Waals surface area contributed by atoms with Crippen molar-refractivity contribution in [3.63, 3.8) is 0 Å². The zero-order valence-corrected chi connectivity index (χ0v) is 7.42. The molecule has 0 fully saturated rings. The molecule has 1 amide bonds. The largest absolute Gasteiger partial charge is 0.337 e. The summed E-state index contributed by atoms with van der Waals surface area (Å²) in [7, 11) is 0. The highest BCUT2D eigenvalue weighted by atomic mass is 16.2. The molecule has 0 N–H and O–H groups in total. The molecule has 0 aliphatic heterocycles. The Bertz CT molecular complexity index is 314. The van der Waals surface area contributed by atoms with Crippen molar-refractivity contribution in [3.05, 3.63) is 43.8 Å². The van der Waals surface area contributed by atoms with Gasteiger partial charge < -0.3 is 0 Å². The van der Waals surface area contributed by atoms with Gasteiger partial charge >= 0.3 is 6.03 Å². The van der Waals surface area contributed by atoms with Crippen LogP contribution in [0.2, 0.25) is 0 Å². The molecule has 0 atom stereocenters. The molecule has 4 nitrogen and oxygen atoms in total. The number of carbonyl (C=O) groups is 1. The third kappa shape index (κ3) is 2.05. The van der Waals surface area contributed by atoms with Crippen molar-refractivity contribution < 1.29 is 4.79 Å². The summed E-state index contributed by atoms with van der Waals surface area (Å²) in [4.78, 5) is 16.7. The molecule has 1 aromatic heterocycles. The van der Waals surface area contributed by atoms with Crippen LogP contribution in [0.5, 0.6) is 0 Å². The second-order valence-electron chi connectivity index (χ2n) is 2.32. The van der Waals surface area contributed by atoms with E-state index in [2.05, 4.69) is 11.6 Å². The number of aromatic nitrogens is 2. The Balaban J connectivity index is 2.82. The van der Waals surface area contributed by atoms with Crippen molar-refractivity contribution in [2.75, 3.05) is 0 Å². The third-order valence-electron chi connectivity index (χ3n) is 1.45. The van der Waals surface area contributed by atoms with E-state index < -0.39 is 0 Å². The minimum atomic E-state index is -0.203. The van der Waals surface area contributed by atoms with Crippen LogP contribution in [-0.4, -0.2) is 20.5 Å². The third-order valence-corrected chi connectivity index (χ3v) is 1.45. The maximum absolute atomic E-state index is 11.6. The number of nitrogens with zero attached hydrogens (tertiary/aromatic N) is 3. The molecule has 0 unspecified atom stereocenters. The quantitative estimate of drug-likeness (QED) is 0.691. The standard InChI is InChI=1S/C9H11N3O/c1-3-6-11(4-2)9(13)12-7-5-10-8-12/h3-8H,2H2,1H3/b6-3-. The molecule has 1 rings (SSSR count). The van der Waals surface area contributed by atoms with E-state index in [1.165, 1.54) is 22.0 Å². The summed E-state index contributed by atoms with van der Waals surface area (Å²) >= 11 is 0. The van der Waals surface area contributed by atoms with Gasteiger partial charge in [-0.05, 0) is 6.92 Å². The number of carbonyl (C=O) groups excluding carboxylic acids is 1. The average Bonchev–Trinajstić information content (AvgIpc) is 2.65. The van der Waals surface area contributed by atoms with Crippen LogP contribution in [0.4, 0.5) is 4.79 Å². The van der Waals surface area contributed by atoms with Crippen LogP contribution in [0, 0.1) is 0 Å². The lowest BCUT2D eigenvalue weighted by Crippen LogP contribution is -2.24. The van der Waals surface area contributed by atoms with E-state index in [1.807, 2.05) is 6.92 Å². The van der Waals surface area contributed by atoms with E-state index >= 15 is 0 Å². The highest BCUT2D eigenvalue weighted by Gasteiger charge is 2.07. The Kier molecular flexibility index (Phi) is 3.03. The predicted octanol–water partition coefficient (Wildman–Crippen LogP) is 1.83. The minimum Gasteiger partial charge on any atom is -0.277 e. The van der Waals surface area contributed by atoms with Crippen LogP contribution in [0.25, 0.3) is 0 Å². The highest BCUT2D eigenvalue weighted by molar-refractivity contribution is 5.78. The molecule has 0 radical (unpaired) electrons. The molecule has 68 valence electrons. The van der Waals surface area contributed by atoms with E-state index in [4.69, 9.17) is 0 Å². The first kappa shape index (κ1) is 9.25. The summed E-state index contributed by atoms with van der Waals surface area (Å²) in [5, 5.41) is 0. The number of hydrogen-bond donors (Lipinski definition) is 0. The molecule has 0 saturated heterocycles. The number of amides is 1. The van der Waals surface area contributed by atoms with Crippen molar-refractivity contribution in [2.24, 2.45) is 0 Å². The summed E-state index contributed by atoms with van der Waals surface area (Å²) in [6, 6.07) is -0.203. The van der Waals surface area contributed by atoms with Gasteiger partial charge in [-0.2, -0.15) is 0 Å². The number of hydrogen-bond acceptors (Lipinski definition) is 2. The van der Waals surface area contributed by atoms with Gasteiger partial charge in [-0.25, -0.2) is 9.78 Å². The molecule has 0 bridgehead atoms. The summed E-state index contributed by atoms with van der Waals surface area (Å²) in [5.74, 6) is 0. The summed E-state index contributed by atoms with van der Waals surface area (Å²) in [6.07, 6.45) is 9.42. The minimum absolute atomic E-state index is 0.203. The molecule has 0 spiro atoms. The normalized spacial score (nSPS) is 10.2. The van der Waals surface area contributed by atoms with Crippen molar-refractivity contribution in [3.8, 4) is 0 Å². The molecular weight excluding hydrogens is 166 g/mol. The van der Waals surface area contributed by atoms with Gasteiger partial charge in [0.1, 0.15) is 6.33 Å². The maximum atomic E-state index is 11.6. The van der Waals surface area contributed by atoms with Gasteiger partial charge in [0.15, 0.2) is 0 Å². The monoisotopic (exact) mass is 177 g/mol. The first-order valence-corrected chi connectivity index (χ1v) is 3.85. The Morgan fingerprint density at radius 3 is 2.92 bits per heavy atom. The zero-order valence-electron chi connectivity index (χ0n) is 7.42. The molecule has 13 heavy (non-hydrogen) atoms. The molecule has 1 heterocycles. The second-order valence-corrected chi connectivity index (χ2v) is 2.32. The van der Waals surface area contributed by atoms with Crippen molar-refractivity contribution >= 4 is 6.03 Å². The number of rotatable bonds is 2. The van der Waals surface area contributed by atoms with E-state index in [-0.39, 0.29) is 6.03 Å². The lowest BCUT2D eigenvalue weighted by molar-refractivity contribution is 0.228. The van der Waals surface area contributed by atoms with Crippen LogP contribution in [0.1, 0.15) is 6.92 Å². The molecule has 0 aliphatic rings. The predicted molar refractivity (Wildman–Crippen MR) is 49.9 cm³/mol. The molecule has 4 heteroatoms. The van der Waals surface area contributed by atoms with Gasteiger partial charge in [-0.15, -0.1) is 0 Å². The molecule has 0 aromatic carbocycles. The summed E-state index contributed by atoms with van der Waals surface area (Å²) in [5.41, 5.74) is 0. The Morgan fingerprint density at radius 1 is 1.69 bits per heavy atom. The molecular formula is C9H11N3O. The molecule has 1 aromatic rings. The van der Waals surface area contributed by atoms with Crippen LogP contribution < -0.4 is 0 Å². The first-order chi connectivity index (χ1) is 6.29. The highest BCUT2D eigenvalue weighted by Crippen LogP contribution is 1.97. The SMILES string of the molecule is C=CN(/C=C\C)C(=O)n1ccnc1. The Morgan fingerprint density at radius 2 is 2.46 bits per heavy atom. The van der Waals surface area contributed by atoms with E-state index in [9.17, 15) is 4.79 Å². The zero-order chi connectivity index (χ0) is 9.68. The fourth-order valence-electron chi connectivity index (χ4n) is 0.869. The van der Waals surface area contributed by atoms with Crippen LogP contribution >= 0.6 is 0 Å². The Labute approximate surface area is 76.8 Å². The van der Waals surface area contributed by atoms with Gasteiger partial charge in [0.2, 0.25) is 0 Å². The second kappa shape index (κ2) is 4.25. The van der Waals surface area contributed by atoms with E-state index in [0.29, 0.717) is 0 Å². The number of allylic oxidation sites excluding steroid dienone is 1. The maximum Gasteiger partial charge on any atom is 0.337 e. The van der Waals surface area contributed by atoms with Gasteiger partial charge in [0.25, 0.3) is 0 Å². The van der Waals surface area contributed by atoms with Crippen LogP contribution in [0.3, 0.4) is 0 Å². The fourth-order valence-corrected chi connectivity index (χ4v) is 0.869. The smallest absolute Gasteiger partial charge is 0.277 e. The summed E-state index contributed by atoms with van der Waals surface area (Å²) in [6.45, 7) is 5.36. The van der Waals surface area contributed by atoms with Crippen molar-refractivity contribution in [2.45, 2.75) is 6.92 Å². The number of imidazole rings is 1. The van der Waals surface area contributed by atoms with E-state index in [1.54, 1.807) is 24.7 Å². The van der Waals surface area contributed by atoms with Gasteiger partial charge in [0.05, 0.1) is 0 Å². The molecule has 0 saturated carbocycles. The Hall–Kier alpha value is -1.84. The van der Waals surface area contributed by atoms with Crippen molar-refractivity contribution in [1.82, 2.24) is 14.5 Å². The average molecular weight is 177 g/mol. The lowest BCUT2D eigenvalue weighted by atomic mass is 10.6. The topological polar surface area (TPSA) is 38.1 Å². The fraction of sp³-hybridized carbons (Fsp3) is 0.111. The first-order valence-electron chi connectivity index (χ1n) is 3.85. The van der Waals surface area contributed by atoms with Crippen LogP contribution in [-0.2, 0) is 0 Å². The van der Waals surface area contributed by atoms with Gasteiger partial charge in [-0.1, -0.05) is 12.7 Å². The molecule has 0 aliphatic carbocycles. The van der Waals surface area contributed by atoms with Crippen molar-refractivity contribution in [1.29, 1.82) is 0 Å². The summed E-state index contributed by atoms with van der Waals surface area (Å²) < 4.78 is 1.38. The van der Waals surface area contributed by atoms with Gasteiger partial charge in [-0.3, -0.25) is 9.47 Å². The van der Waals surface area contributed by atoms with E-state index in [0.717, 1.165) is 0 Å². The lowest BCUT2D eigenvalue weighted by Gasteiger charge is -2.11. The van der Waals surface area contributed by atoms with Gasteiger partial charge in [0, 0.05) is 24.8 Å².